The van der Waals surface area contributed by atoms with E-state index in [1.165, 1.54) is 11.1 Å². The Hall–Kier alpha value is -4.45. The second kappa shape index (κ2) is 11.4. The van der Waals surface area contributed by atoms with Crippen molar-refractivity contribution in [3.8, 4) is 16.8 Å². The van der Waals surface area contributed by atoms with Gasteiger partial charge in [-0.1, -0.05) is 109 Å². The van der Waals surface area contributed by atoms with Crippen LogP contribution in [0.15, 0.2) is 122 Å². The summed E-state index contributed by atoms with van der Waals surface area (Å²) in [6.45, 7) is 5.62. The Morgan fingerprint density at radius 3 is 1.95 bits per heavy atom. The largest absolute Gasteiger partial charge is 0.353 e. The van der Waals surface area contributed by atoms with Gasteiger partial charge < -0.3 is 9.47 Å². The maximum atomic E-state index is 6.56. The molecular formula is C36H32ClN5. The smallest absolute Gasteiger partial charge is 0.150 e. The van der Waals surface area contributed by atoms with E-state index in [1.807, 2.05) is 13.0 Å². The number of aryl methyl sites for hydroxylation is 1. The monoisotopic (exact) mass is 569 g/mol. The zero-order chi connectivity index (χ0) is 28.5. The summed E-state index contributed by atoms with van der Waals surface area (Å²) in [6.07, 6.45) is 3.87. The molecule has 5 nitrogen and oxygen atoms in total. The van der Waals surface area contributed by atoms with Crippen molar-refractivity contribution in [2.75, 3.05) is 31.1 Å². The molecule has 4 aromatic carbocycles. The Labute approximate surface area is 251 Å². The van der Waals surface area contributed by atoms with Crippen molar-refractivity contribution in [2.45, 2.75) is 13.0 Å². The standard InChI is InChI=1S/C36H32ClN5/c1-26-17-18-30(23-32(26)37)42-24-31(27-11-5-2-6-12-27)33-35(38-25-39-36(33)42)41-21-19-40(20-22-41)34(28-13-7-3-8-14-28)29-15-9-4-10-16-29/h2-18,23-25,34H,19-22H2,1H3. The lowest BCUT2D eigenvalue weighted by atomic mass is 9.96. The van der Waals surface area contributed by atoms with Gasteiger partial charge in [0, 0.05) is 48.6 Å². The Bertz CT molecular complexity index is 1770. The minimum Gasteiger partial charge on any atom is -0.353 e. The number of piperazine rings is 1. The lowest BCUT2D eigenvalue weighted by Crippen LogP contribution is -2.48. The van der Waals surface area contributed by atoms with Crippen LogP contribution in [0, 0.1) is 6.92 Å². The number of hydrogen-bond acceptors (Lipinski definition) is 4. The van der Waals surface area contributed by atoms with Crippen molar-refractivity contribution >= 4 is 28.5 Å². The maximum Gasteiger partial charge on any atom is 0.150 e. The fourth-order valence-corrected chi connectivity index (χ4v) is 6.30. The van der Waals surface area contributed by atoms with Crippen molar-refractivity contribution in [3.05, 3.63) is 143 Å². The average Bonchev–Trinajstić information content (AvgIpc) is 3.44. The molecule has 1 saturated heterocycles. The number of fused-ring (bicyclic) bond motifs is 1. The molecule has 0 atom stereocenters. The van der Waals surface area contributed by atoms with Crippen LogP contribution in [0.4, 0.5) is 5.82 Å². The topological polar surface area (TPSA) is 37.2 Å². The molecule has 0 saturated carbocycles. The fourth-order valence-electron chi connectivity index (χ4n) is 6.13. The maximum absolute atomic E-state index is 6.56. The summed E-state index contributed by atoms with van der Waals surface area (Å²) >= 11 is 6.56. The highest BCUT2D eigenvalue weighted by atomic mass is 35.5. The summed E-state index contributed by atoms with van der Waals surface area (Å²) in [5.41, 5.74) is 7.82. The van der Waals surface area contributed by atoms with Crippen molar-refractivity contribution < 1.29 is 0 Å². The zero-order valence-electron chi connectivity index (χ0n) is 23.6. The second-order valence-corrected chi connectivity index (χ2v) is 11.3. The number of nitrogens with zero attached hydrogens (tertiary/aromatic N) is 5. The third-order valence-corrected chi connectivity index (χ3v) is 8.70. The minimum absolute atomic E-state index is 0.215. The lowest BCUT2D eigenvalue weighted by Gasteiger charge is -2.40. The summed E-state index contributed by atoms with van der Waals surface area (Å²) < 4.78 is 2.14. The number of anilines is 1. The van der Waals surface area contributed by atoms with Gasteiger partial charge in [-0.05, 0) is 41.3 Å². The number of benzene rings is 4. The highest BCUT2D eigenvalue weighted by Gasteiger charge is 2.29. The average molecular weight is 570 g/mol. The molecule has 0 unspecified atom stereocenters. The van der Waals surface area contributed by atoms with E-state index in [2.05, 4.69) is 124 Å². The van der Waals surface area contributed by atoms with E-state index in [0.717, 1.165) is 70.4 Å². The molecule has 3 heterocycles. The Morgan fingerprint density at radius 1 is 0.714 bits per heavy atom. The summed E-state index contributed by atoms with van der Waals surface area (Å²) in [6, 6.07) is 38.6. The van der Waals surface area contributed by atoms with Gasteiger partial charge in [-0.15, -0.1) is 0 Å². The molecule has 0 bridgehead atoms. The fraction of sp³-hybridized carbons (Fsp3) is 0.167. The lowest BCUT2D eigenvalue weighted by molar-refractivity contribution is 0.212. The highest BCUT2D eigenvalue weighted by Crippen LogP contribution is 2.38. The van der Waals surface area contributed by atoms with Crippen LogP contribution in [0.25, 0.3) is 27.8 Å². The molecule has 1 aliphatic heterocycles. The minimum atomic E-state index is 0.215. The van der Waals surface area contributed by atoms with Crippen LogP contribution in [0.2, 0.25) is 5.02 Å². The summed E-state index contributed by atoms with van der Waals surface area (Å²) in [5.74, 6) is 0.978. The molecule has 7 rings (SSSR count). The third-order valence-electron chi connectivity index (χ3n) is 8.29. The van der Waals surface area contributed by atoms with Crippen LogP contribution in [0.5, 0.6) is 0 Å². The first-order valence-corrected chi connectivity index (χ1v) is 14.8. The van der Waals surface area contributed by atoms with Gasteiger partial charge in [0.2, 0.25) is 0 Å². The normalized spacial score (nSPS) is 14.1. The summed E-state index contributed by atoms with van der Waals surface area (Å²) in [4.78, 5) is 14.7. The number of rotatable bonds is 6. The van der Waals surface area contributed by atoms with Crippen LogP contribution < -0.4 is 4.90 Å². The van der Waals surface area contributed by atoms with Gasteiger partial charge in [0.1, 0.15) is 12.1 Å². The van der Waals surface area contributed by atoms with Gasteiger partial charge in [0.05, 0.1) is 11.4 Å². The van der Waals surface area contributed by atoms with Crippen LogP contribution >= 0.6 is 11.6 Å². The van der Waals surface area contributed by atoms with Gasteiger partial charge >= 0.3 is 0 Å². The molecule has 0 radical (unpaired) electrons. The Balaban J connectivity index is 1.27. The van der Waals surface area contributed by atoms with Crippen LogP contribution in [-0.4, -0.2) is 45.6 Å². The van der Waals surface area contributed by atoms with E-state index >= 15 is 0 Å². The number of hydrogen-bond donors (Lipinski definition) is 0. The molecule has 6 aromatic rings. The van der Waals surface area contributed by atoms with E-state index in [0.29, 0.717) is 0 Å². The predicted octanol–water partition coefficient (Wildman–Crippen LogP) is 7.96. The van der Waals surface area contributed by atoms with E-state index in [9.17, 15) is 0 Å². The SMILES string of the molecule is Cc1ccc(-n2cc(-c3ccccc3)c3c(N4CCN(C(c5ccccc5)c5ccccc5)CC4)ncnc32)cc1Cl. The second-order valence-electron chi connectivity index (χ2n) is 10.9. The highest BCUT2D eigenvalue weighted by molar-refractivity contribution is 6.31. The van der Waals surface area contributed by atoms with Crippen molar-refractivity contribution in [2.24, 2.45) is 0 Å². The first-order chi connectivity index (χ1) is 20.7. The molecule has 42 heavy (non-hydrogen) atoms. The third kappa shape index (κ3) is 4.95. The molecule has 0 aliphatic carbocycles. The molecule has 1 aliphatic rings. The zero-order valence-corrected chi connectivity index (χ0v) is 24.3. The molecule has 208 valence electrons. The van der Waals surface area contributed by atoms with Crippen molar-refractivity contribution in [1.82, 2.24) is 19.4 Å². The number of halogens is 1. The molecule has 0 spiro atoms. The quantitative estimate of drug-likeness (QED) is 0.204. The van der Waals surface area contributed by atoms with Gasteiger partial charge in [-0.3, -0.25) is 4.90 Å². The van der Waals surface area contributed by atoms with Crippen LogP contribution in [0.3, 0.4) is 0 Å². The van der Waals surface area contributed by atoms with E-state index in [4.69, 9.17) is 21.6 Å². The van der Waals surface area contributed by atoms with Crippen molar-refractivity contribution in [1.29, 1.82) is 0 Å². The molecular weight excluding hydrogens is 538 g/mol. The van der Waals surface area contributed by atoms with Gasteiger partial charge in [0.25, 0.3) is 0 Å². The van der Waals surface area contributed by atoms with E-state index in [-0.39, 0.29) is 6.04 Å². The van der Waals surface area contributed by atoms with Gasteiger partial charge in [-0.2, -0.15) is 0 Å². The molecule has 6 heteroatoms. The summed E-state index contributed by atoms with van der Waals surface area (Å²) in [7, 11) is 0. The first-order valence-electron chi connectivity index (χ1n) is 14.4. The Kier molecular flexibility index (Phi) is 7.20. The van der Waals surface area contributed by atoms with E-state index in [1.54, 1.807) is 6.33 Å². The molecule has 2 aromatic heterocycles. The van der Waals surface area contributed by atoms with Gasteiger partial charge in [0.15, 0.2) is 5.65 Å². The molecule has 0 N–H and O–H groups in total. The summed E-state index contributed by atoms with van der Waals surface area (Å²) in [5, 5.41) is 1.81. The first kappa shape index (κ1) is 26.4. The number of aromatic nitrogens is 3. The molecule has 0 amide bonds. The molecule has 1 fully saturated rings. The Morgan fingerprint density at radius 2 is 1.33 bits per heavy atom. The van der Waals surface area contributed by atoms with Crippen LogP contribution in [-0.2, 0) is 0 Å². The van der Waals surface area contributed by atoms with Crippen LogP contribution in [0.1, 0.15) is 22.7 Å². The van der Waals surface area contributed by atoms with E-state index < -0.39 is 0 Å². The van der Waals surface area contributed by atoms with Gasteiger partial charge in [-0.25, -0.2) is 9.97 Å². The predicted molar refractivity (Wildman–Crippen MR) is 173 cm³/mol. The van der Waals surface area contributed by atoms with Crippen molar-refractivity contribution in [3.63, 3.8) is 0 Å².